The van der Waals surface area contributed by atoms with Crippen LogP contribution in [-0.4, -0.2) is 18.3 Å². The van der Waals surface area contributed by atoms with Crippen LogP contribution in [0.15, 0.2) is 24.3 Å². The van der Waals surface area contributed by atoms with Gasteiger partial charge in [-0.05, 0) is 81.7 Å². The fourth-order valence-electron chi connectivity index (χ4n) is 5.66. The fraction of sp³-hybridized carbons (Fsp3) is 0.739. The van der Waals surface area contributed by atoms with Crippen molar-refractivity contribution in [3.05, 3.63) is 29.8 Å². The van der Waals surface area contributed by atoms with Gasteiger partial charge in [0, 0.05) is 0 Å². The summed E-state index contributed by atoms with van der Waals surface area (Å²) in [6, 6.07) is 9.23. The van der Waals surface area contributed by atoms with Gasteiger partial charge in [-0.25, -0.2) is 0 Å². The lowest BCUT2D eigenvalue weighted by atomic mass is 9.57. The third kappa shape index (κ3) is 3.05. The Bertz CT molecular complexity index is 621. The molecular formula is C23H35BO2. The van der Waals surface area contributed by atoms with Gasteiger partial charge in [0.05, 0.1) is 11.2 Å². The highest BCUT2D eigenvalue weighted by molar-refractivity contribution is 6.62. The molecular weight excluding hydrogens is 319 g/mol. The average Bonchev–Trinajstić information content (AvgIpc) is 2.82. The maximum absolute atomic E-state index is 6.23. The highest BCUT2D eigenvalue weighted by Gasteiger charge is 2.51. The second kappa shape index (κ2) is 6.38. The predicted molar refractivity (Wildman–Crippen MR) is 109 cm³/mol. The molecule has 142 valence electrons. The van der Waals surface area contributed by atoms with Crippen molar-refractivity contribution in [3.8, 4) is 0 Å². The van der Waals surface area contributed by atoms with E-state index < -0.39 is 0 Å². The summed E-state index contributed by atoms with van der Waals surface area (Å²) in [5, 5.41) is 0. The highest BCUT2D eigenvalue weighted by atomic mass is 16.7. The molecule has 1 aliphatic heterocycles. The topological polar surface area (TPSA) is 18.5 Å². The standard InChI is InChI=1S/C23H35BO2/c1-6-23(15-17-8-7-9-18(14-17)16-23)19-10-12-20(13-11-19)24-25-21(2,3)22(4,5)26-24/h10-13,17-18H,6-9,14-16H2,1-5H3. The maximum Gasteiger partial charge on any atom is 0.494 e. The van der Waals surface area contributed by atoms with Crippen molar-refractivity contribution >= 4 is 12.6 Å². The summed E-state index contributed by atoms with van der Waals surface area (Å²) < 4.78 is 12.5. The summed E-state index contributed by atoms with van der Waals surface area (Å²) in [4.78, 5) is 0. The van der Waals surface area contributed by atoms with Crippen LogP contribution in [0.5, 0.6) is 0 Å². The molecule has 0 radical (unpaired) electrons. The summed E-state index contributed by atoms with van der Waals surface area (Å²) in [5.41, 5.74) is 2.53. The third-order valence-corrected chi connectivity index (χ3v) is 7.98. The highest BCUT2D eigenvalue weighted by Crippen LogP contribution is 2.51. The molecule has 2 atom stereocenters. The minimum atomic E-state index is -0.276. The van der Waals surface area contributed by atoms with Crippen LogP contribution in [-0.2, 0) is 14.7 Å². The molecule has 4 rings (SSSR count). The average molecular weight is 354 g/mol. The zero-order chi connectivity index (χ0) is 18.6. The molecule has 3 heteroatoms. The van der Waals surface area contributed by atoms with Gasteiger partial charge in [0.15, 0.2) is 0 Å². The summed E-state index contributed by atoms with van der Waals surface area (Å²) in [6.45, 7) is 10.9. The lowest BCUT2D eigenvalue weighted by Gasteiger charge is -2.47. The van der Waals surface area contributed by atoms with Gasteiger partial charge in [0.25, 0.3) is 0 Å². The van der Waals surface area contributed by atoms with E-state index >= 15 is 0 Å². The first-order valence-corrected chi connectivity index (χ1v) is 10.7. The van der Waals surface area contributed by atoms with Gasteiger partial charge in [-0.2, -0.15) is 0 Å². The third-order valence-electron chi connectivity index (χ3n) is 7.98. The minimum absolute atomic E-state index is 0.252. The number of benzene rings is 1. The van der Waals surface area contributed by atoms with Crippen molar-refractivity contribution < 1.29 is 9.31 Å². The fourth-order valence-corrected chi connectivity index (χ4v) is 5.66. The van der Waals surface area contributed by atoms with E-state index in [0.717, 1.165) is 17.3 Å². The first-order chi connectivity index (χ1) is 12.2. The van der Waals surface area contributed by atoms with Crippen molar-refractivity contribution in [2.45, 2.75) is 96.2 Å². The first-order valence-electron chi connectivity index (χ1n) is 10.7. The van der Waals surface area contributed by atoms with Crippen LogP contribution in [0.1, 0.15) is 85.1 Å². The maximum atomic E-state index is 6.23. The van der Waals surface area contributed by atoms with E-state index in [1.807, 2.05) is 0 Å². The van der Waals surface area contributed by atoms with Crippen molar-refractivity contribution in [1.29, 1.82) is 0 Å². The largest absolute Gasteiger partial charge is 0.494 e. The van der Waals surface area contributed by atoms with Gasteiger partial charge >= 0.3 is 7.12 Å². The number of hydrogen-bond donors (Lipinski definition) is 0. The SMILES string of the molecule is CCC1(c2ccc(B3OC(C)(C)C(C)(C)O3)cc2)CC2CCCC(C2)C1. The van der Waals surface area contributed by atoms with Crippen molar-refractivity contribution in [3.63, 3.8) is 0 Å². The van der Waals surface area contributed by atoms with E-state index in [1.165, 1.54) is 50.5 Å². The van der Waals surface area contributed by atoms with Gasteiger partial charge in [0.2, 0.25) is 0 Å². The van der Waals surface area contributed by atoms with Crippen LogP contribution in [0.25, 0.3) is 0 Å². The second-order valence-corrected chi connectivity index (χ2v) is 10.2. The Kier molecular flexibility index (Phi) is 4.55. The van der Waals surface area contributed by atoms with Crippen LogP contribution >= 0.6 is 0 Å². The first kappa shape index (κ1) is 18.6. The van der Waals surface area contributed by atoms with Gasteiger partial charge < -0.3 is 9.31 Å². The number of fused-ring (bicyclic) bond motifs is 2. The molecule has 2 saturated carbocycles. The van der Waals surface area contributed by atoms with Crippen molar-refractivity contribution in [2.75, 3.05) is 0 Å². The lowest BCUT2D eigenvalue weighted by Crippen LogP contribution is -2.41. The van der Waals surface area contributed by atoms with Crippen molar-refractivity contribution in [2.24, 2.45) is 11.8 Å². The molecule has 1 aromatic rings. The Labute approximate surface area is 160 Å². The lowest BCUT2D eigenvalue weighted by molar-refractivity contribution is 0.00578. The molecule has 0 aromatic heterocycles. The van der Waals surface area contributed by atoms with Gasteiger partial charge in [0.1, 0.15) is 0 Å². The zero-order valence-corrected chi connectivity index (χ0v) is 17.3. The normalized spacial score (nSPS) is 35.5. The Hall–Kier alpha value is -0.795. The number of rotatable bonds is 3. The van der Waals surface area contributed by atoms with E-state index in [4.69, 9.17) is 9.31 Å². The molecule has 2 unspecified atom stereocenters. The molecule has 0 spiro atoms. The molecule has 26 heavy (non-hydrogen) atoms. The van der Waals surface area contributed by atoms with E-state index in [1.54, 1.807) is 0 Å². The smallest absolute Gasteiger partial charge is 0.399 e. The van der Waals surface area contributed by atoms with Crippen LogP contribution in [0.2, 0.25) is 0 Å². The number of hydrogen-bond acceptors (Lipinski definition) is 2. The van der Waals surface area contributed by atoms with E-state index in [2.05, 4.69) is 58.9 Å². The van der Waals surface area contributed by atoms with Gasteiger partial charge in [-0.15, -0.1) is 0 Å². The van der Waals surface area contributed by atoms with Gasteiger partial charge in [-0.1, -0.05) is 50.5 Å². The van der Waals surface area contributed by atoms with Crippen LogP contribution in [0.3, 0.4) is 0 Å². The monoisotopic (exact) mass is 354 g/mol. The molecule has 2 bridgehead atoms. The molecule has 1 saturated heterocycles. The van der Waals surface area contributed by atoms with E-state index in [-0.39, 0.29) is 18.3 Å². The zero-order valence-electron chi connectivity index (χ0n) is 17.3. The van der Waals surface area contributed by atoms with Crippen LogP contribution in [0.4, 0.5) is 0 Å². The Balaban J connectivity index is 1.56. The minimum Gasteiger partial charge on any atom is -0.399 e. The Morgan fingerprint density at radius 3 is 1.96 bits per heavy atom. The van der Waals surface area contributed by atoms with Crippen LogP contribution < -0.4 is 5.46 Å². The second-order valence-electron chi connectivity index (χ2n) is 10.2. The molecule has 0 N–H and O–H groups in total. The van der Waals surface area contributed by atoms with E-state index in [0.29, 0.717) is 5.41 Å². The summed E-state index contributed by atoms with van der Waals surface area (Å²) >= 11 is 0. The van der Waals surface area contributed by atoms with Gasteiger partial charge in [-0.3, -0.25) is 0 Å². The van der Waals surface area contributed by atoms with E-state index in [9.17, 15) is 0 Å². The Morgan fingerprint density at radius 1 is 0.923 bits per heavy atom. The molecule has 2 nitrogen and oxygen atoms in total. The molecule has 0 amide bonds. The van der Waals surface area contributed by atoms with Crippen LogP contribution in [0, 0.1) is 11.8 Å². The summed E-state index contributed by atoms with van der Waals surface area (Å²) in [5.74, 6) is 1.90. The molecule has 3 aliphatic rings. The molecule has 2 aliphatic carbocycles. The molecule has 3 fully saturated rings. The summed E-state index contributed by atoms with van der Waals surface area (Å²) in [7, 11) is -0.252. The van der Waals surface area contributed by atoms with Crippen molar-refractivity contribution in [1.82, 2.24) is 0 Å². The Morgan fingerprint density at radius 2 is 1.46 bits per heavy atom. The molecule has 1 heterocycles. The predicted octanol–water partition coefficient (Wildman–Crippen LogP) is 5.23. The summed E-state index contributed by atoms with van der Waals surface area (Å²) in [6.07, 6.45) is 9.86. The molecule has 1 aromatic carbocycles. The quantitative estimate of drug-likeness (QED) is 0.692.